The molecule has 0 bridgehead atoms. The van der Waals surface area contributed by atoms with Crippen LogP contribution in [0.5, 0.6) is 0 Å². The predicted molar refractivity (Wildman–Crippen MR) is 72.0 cm³/mol. The molecule has 1 fully saturated rings. The molecule has 1 aromatic rings. The minimum atomic E-state index is 0.214. The Morgan fingerprint density at radius 2 is 2.11 bits per heavy atom. The summed E-state index contributed by atoms with van der Waals surface area (Å²) in [6, 6.07) is 0.214. The normalized spacial score (nSPS) is 19.1. The predicted octanol–water partition coefficient (Wildman–Crippen LogP) is 0.975. The van der Waals surface area contributed by atoms with E-state index in [1.54, 1.807) is 0 Å². The number of morpholine rings is 1. The van der Waals surface area contributed by atoms with Crippen molar-refractivity contribution in [2.24, 2.45) is 7.05 Å². The van der Waals surface area contributed by atoms with Crippen LogP contribution in [0.2, 0.25) is 5.15 Å². The lowest BCUT2D eigenvalue weighted by Gasteiger charge is -2.33. The van der Waals surface area contributed by atoms with E-state index in [1.165, 1.54) is 0 Å². The van der Waals surface area contributed by atoms with Crippen LogP contribution in [0.15, 0.2) is 0 Å². The summed E-state index contributed by atoms with van der Waals surface area (Å²) in [6.45, 7) is 6.24. The smallest absolute Gasteiger partial charge is 0.133 e. The Kier molecular flexibility index (Phi) is 4.61. The molecule has 1 saturated heterocycles. The quantitative estimate of drug-likeness (QED) is 0.887. The standard InChI is InChI=1S/C12H21ClN4O/c1-9-15-11(12(13)16(9)3)10(8-14-2)17-4-6-18-7-5-17/h10,14H,4-8H2,1-3H3. The van der Waals surface area contributed by atoms with Crippen LogP contribution < -0.4 is 5.32 Å². The second-order valence-electron chi connectivity index (χ2n) is 4.62. The van der Waals surface area contributed by atoms with Gasteiger partial charge in [0, 0.05) is 26.7 Å². The Morgan fingerprint density at radius 3 is 2.61 bits per heavy atom. The zero-order valence-electron chi connectivity index (χ0n) is 11.2. The Bertz CT molecular complexity index is 401. The highest BCUT2D eigenvalue weighted by molar-refractivity contribution is 6.30. The molecule has 0 amide bonds. The zero-order valence-corrected chi connectivity index (χ0v) is 12.0. The van der Waals surface area contributed by atoms with E-state index in [9.17, 15) is 0 Å². The molecular weight excluding hydrogens is 252 g/mol. The highest BCUT2D eigenvalue weighted by Gasteiger charge is 2.27. The molecule has 1 aliphatic heterocycles. The summed E-state index contributed by atoms with van der Waals surface area (Å²) >= 11 is 6.38. The van der Waals surface area contributed by atoms with Crippen molar-refractivity contribution < 1.29 is 4.74 Å². The van der Waals surface area contributed by atoms with E-state index in [0.29, 0.717) is 0 Å². The van der Waals surface area contributed by atoms with Gasteiger partial charge in [0.25, 0.3) is 0 Å². The van der Waals surface area contributed by atoms with Crippen molar-refractivity contribution in [2.45, 2.75) is 13.0 Å². The molecule has 1 N–H and O–H groups in total. The van der Waals surface area contributed by atoms with Crippen molar-refractivity contribution in [3.05, 3.63) is 16.7 Å². The first-order valence-electron chi connectivity index (χ1n) is 6.30. The van der Waals surface area contributed by atoms with Gasteiger partial charge in [-0.3, -0.25) is 4.90 Å². The average Bonchev–Trinajstić information content (AvgIpc) is 2.65. The molecule has 0 radical (unpaired) electrons. The van der Waals surface area contributed by atoms with E-state index in [-0.39, 0.29) is 6.04 Å². The highest BCUT2D eigenvalue weighted by atomic mass is 35.5. The molecule has 2 heterocycles. The van der Waals surface area contributed by atoms with Gasteiger partial charge in [0.15, 0.2) is 0 Å². The fourth-order valence-corrected chi connectivity index (χ4v) is 2.59. The number of ether oxygens (including phenoxy) is 1. The van der Waals surface area contributed by atoms with Crippen LogP contribution in [0.3, 0.4) is 0 Å². The Labute approximate surface area is 113 Å². The first-order valence-corrected chi connectivity index (χ1v) is 6.68. The van der Waals surface area contributed by atoms with E-state index in [2.05, 4.69) is 15.2 Å². The third-order valence-electron chi connectivity index (χ3n) is 3.47. The lowest BCUT2D eigenvalue weighted by molar-refractivity contribution is 0.0157. The number of rotatable bonds is 4. The lowest BCUT2D eigenvalue weighted by atomic mass is 10.1. The molecule has 1 aromatic heterocycles. The van der Waals surface area contributed by atoms with Gasteiger partial charge in [0.1, 0.15) is 11.0 Å². The van der Waals surface area contributed by atoms with Gasteiger partial charge < -0.3 is 14.6 Å². The van der Waals surface area contributed by atoms with Gasteiger partial charge in [-0.15, -0.1) is 0 Å². The van der Waals surface area contributed by atoms with Crippen molar-refractivity contribution >= 4 is 11.6 Å². The van der Waals surface area contributed by atoms with Gasteiger partial charge in [0.2, 0.25) is 0 Å². The summed E-state index contributed by atoms with van der Waals surface area (Å²) in [5, 5.41) is 3.96. The lowest BCUT2D eigenvalue weighted by Crippen LogP contribution is -2.42. The second kappa shape index (κ2) is 6.02. The van der Waals surface area contributed by atoms with E-state index < -0.39 is 0 Å². The summed E-state index contributed by atoms with van der Waals surface area (Å²) in [7, 11) is 3.90. The van der Waals surface area contributed by atoms with Crippen LogP contribution in [-0.4, -0.2) is 54.3 Å². The maximum Gasteiger partial charge on any atom is 0.133 e. The number of imidazole rings is 1. The Morgan fingerprint density at radius 1 is 1.44 bits per heavy atom. The molecule has 2 rings (SSSR count). The van der Waals surface area contributed by atoms with E-state index in [1.807, 2.05) is 25.6 Å². The van der Waals surface area contributed by atoms with Gasteiger partial charge >= 0.3 is 0 Å². The van der Waals surface area contributed by atoms with Gasteiger partial charge in [-0.2, -0.15) is 0 Å². The van der Waals surface area contributed by atoms with Crippen LogP contribution in [0.25, 0.3) is 0 Å². The fourth-order valence-electron chi connectivity index (χ4n) is 2.30. The number of nitrogens with zero attached hydrogens (tertiary/aromatic N) is 3. The van der Waals surface area contributed by atoms with Crippen molar-refractivity contribution in [3.8, 4) is 0 Å². The molecule has 1 unspecified atom stereocenters. The van der Waals surface area contributed by atoms with E-state index >= 15 is 0 Å². The molecule has 102 valence electrons. The Hall–Kier alpha value is -0.620. The maximum absolute atomic E-state index is 6.38. The minimum Gasteiger partial charge on any atom is -0.379 e. The SMILES string of the molecule is CNCC(c1nc(C)n(C)c1Cl)N1CCOCC1. The monoisotopic (exact) mass is 272 g/mol. The highest BCUT2D eigenvalue weighted by Crippen LogP contribution is 2.27. The maximum atomic E-state index is 6.38. The largest absolute Gasteiger partial charge is 0.379 e. The number of halogens is 1. The van der Waals surface area contributed by atoms with Crippen molar-refractivity contribution in [3.63, 3.8) is 0 Å². The van der Waals surface area contributed by atoms with Crippen LogP contribution in [0, 0.1) is 6.92 Å². The second-order valence-corrected chi connectivity index (χ2v) is 4.97. The van der Waals surface area contributed by atoms with Gasteiger partial charge in [0.05, 0.1) is 24.9 Å². The third kappa shape index (κ3) is 2.69. The summed E-state index contributed by atoms with van der Waals surface area (Å²) in [5.74, 6) is 0.948. The fraction of sp³-hybridized carbons (Fsp3) is 0.750. The topological polar surface area (TPSA) is 42.3 Å². The molecular formula is C12H21ClN4O. The number of aromatic nitrogens is 2. The van der Waals surface area contributed by atoms with Gasteiger partial charge in [-0.1, -0.05) is 11.6 Å². The number of aryl methyl sites for hydroxylation is 1. The molecule has 0 saturated carbocycles. The zero-order chi connectivity index (χ0) is 13.1. The first-order chi connectivity index (χ1) is 8.65. The molecule has 0 aromatic carbocycles. The summed E-state index contributed by atoms with van der Waals surface area (Å²) < 4.78 is 7.33. The van der Waals surface area contributed by atoms with E-state index in [0.717, 1.165) is 49.5 Å². The number of nitrogens with one attached hydrogen (secondary N) is 1. The molecule has 18 heavy (non-hydrogen) atoms. The molecule has 6 heteroatoms. The van der Waals surface area contributed by atoms with Crippen LogP contribution >= 0.6 is 11.6 Å². The molecule has 0 aliphatic carbocycles. The summed E-state index contributed by atoms with van der Waals surface area (Å²) in [4.78, 5) is 7.00. The number of likely N-dealkylation sites (N-methyl/N-ethyl adjacent to an activating group) is 1. The van der Waals surface area contributed by atoms with Crippen molar-refractivity contribution in [1.29, 1.82) is 0 Å². The molecule has 1 atom stereocenters. The Balaban J connectivity index is 2.25. The summed E-state index contributed by atoms with van der Waals surface area (Å²) in [5.41, 5.74) is 0.966. The van der Waals surface area contributed by atoms with Crippen molar-refractivity contribution in [1.82, 2.24) is 19.8 Å². The summed E-state index contributed by atoms with van der Waals surface area (Å²) in [6.07, 6.45) is 0. The van der Waals surface area contributed by atoms with Crippen LogP contribution in [0.4, 0.5) is 0 Å². The van der Waals surface area contributed by atoms with Crippen LogP contribution in [-0.2, 0) is 11.8 Å². The van der Waals surface area contributed by atoms with Gasteiger partial charge in [-0.25, -0.2) is 4.98 Å². The van der Waals surface area contributed by atoms with Crippen molar-refractivity contribution in [2.75, 3.05) is 39.9 Å². The van der Waals surface area contributed by atoms with Gasteiger partial charge in [-0.05, 0) is 14.0 Å². The first kappa shape index (κ1) is 13.8. The molecule has 5 nitrogen and oxygen atoms in total. The van der Waals surface area contributed by atoms with E-state index in [4.69, 9.17) is 16.3 Å². The third-order valence-corrected chi connectivity index (χ3v) is 3.92. The average molecular weight is 273 g/mol. The number of hydrogen-bond donors (Lipinski definition) is 1. The van der Waals surface area contributed by atoms with Crippen LogP contribution in [0.1, 0.15) is 17.6 Å². The molecule has 0 spiro atoms. The number of hydrogen-bond acceptors (Lipinski definition) is 4. The molecule has 1 aliphatic rings. The minimum absolute atomic E-state index is 0.214.